The topological polar surface area (TPSA) is 61.4 Å². The summed E-state index contributed by atoms with van der Waals surface area (Å²) < 4.78 is 0. The molecule has 1 saturated heterocycles. The number of nitrogens with one attached hydrogen (secondary N) is 2. The second-order valence-corrected chi connectivity index (χ2v) is 8.85. The van der Waals surface area contributed by atoms with Crippen molar-refractivity contribution in [3.05, 3.63) is 34.4 Å². The average Bonchev–Trinajstić information content (AvgIpc) is 2.50. The van der Waals surface area contributed by atoms with Gasteiger partial charge in [0, 0.05) is 17.3 Å². The van der Waals surface area contributed by atoms with Gasteiger partial charge in [-0.1, -0.05) is 6.92 Å². The van der Waals surface area contributed by atoms with Gasteiger partial charge in [0.05, 0.1) is 0 Å². The SMILES string of the molecule is Cc1cc2c(cc1C=C1C(=O)NC(=S)NC1=O)[C@@H](C)CC(C)(C)N2C(C)C. The van der Waals surface area contributed by atoms with Crippen molar-refractivity contribution in [3.63, 3.8) is 0 Å². The molecule has 5 nitrogen and oxygen atoms in total. The second kappa shape index (κ2) is 6.75. The van der Waals surface area contributed by atoms with E-state index in [1.807, 2.05) is 6.92 Å². The van der Waals surface area contributed by atoms with E-state index in [9.17, 15) is 9.59 Å². The molecular formula is C21H27N3O2S. The molecule has 3 rings (SSSR count). The van der Waals surface area contributed by atoms with Crippen LogP contribution in [0.25, 0.3) is 6.08 Å². The summed E-state index contributed by atoms with van der Waals surface area (Å²) >= 11 is 4.86. The quantitative estimate of drug-likeness (QED) is 0.465. The fourth-order valence-corrected chi connectivity index (χ4v) is 4.69. The fraction of sp³-hybridized carbons (Fsp3) is 0.476. The predicted octanol–water partition coefficient (Wildman–Crippen LogP) is 3.41. The first kappa shape index (κ1) is 19.5. The number of nitrogens with zero attached hydrogens (tertiary/aromatic N) is 1. The zero-order valence-corrected chi connectivity index (χ0v) is 17.6. The second-order valence-electron chi connectivity index (χ2n) is 8.44. The molecule has 0 aromatic heterocycles. The highest BCUT2D eigenvalue weighted by atomic mass is 32.1. The molecule has 1 aromatic rings. The van der Waals surface area contributed by atoms with Gasteiger partial charge in [-0.2, -0.15) is 0 Å². The number of aryl methyl sites for hydroxylation is 1. The van der Waals surface area contributed by atoms with Crippen molar-refractivity contribution in [2.45, 2.75) is 65.5 Å². The van der Waals surface area contributed by atoms with Gasteiger partial charge in [0.25, 0.3) is 11.8 Å². The van der Waals surface area contributed by atoms with Gasteiger partial charge in [0.2, 0.25) is 0 Å². The maximum atomic E-state index is 12.2. The van der Waals surface area contributed by atoms with Crippen LogP contribution in [0.15, 0.2) is 17.7 Å². The molecule has 2 amide bonds. The lowest BCUT2D eigenvalue weighted by Crippen LogP contribution is -2.52. The van der Waals surface area contributed by atoms with Crippen LogP contribution in [0.4, 0.5) is 5.69 Å². The van der Waals surface area contributed by atoms with Crippen LogP contribution in [0, 0.1) is 6.92 Å². The van der Waals surface area contributed by atoms with Gasteiger partial charge in [0.15, 0.2) is 5.11 Å². The van der Waals surface area contributed by atoms with E-state index in [-0.39, 0.29) is 16.2 Å². The Kier molecular flexibility index (Phi) is 4.89. The molecule has 1 atom stereocenters. The zero-order chi connectivity index (χ0) is 20.1. The number of thiocarbonyl (C=S) groups is 1. The highest BCUT2D eigenvalue weighted by molar-refractivity contribution is 7.80. The number of fused-ring (bicyclic) bond motifs is 1. The molecule has 0 radical (unpaired) electrons. The lowest BCUT2D eigenvalue weighted by molar-refractivity contribution is -0.123. The standard InChI is InChI=1S/C21H27N3O2S/c1-11(2)24-17-7-12(3)14(8-15(17)13(4)10-21(24,5)6)9-16-18(25)22-20(27)23-19(16)26/h7-9,11,13H,10H2,1-6H3,(H2,22,23,25,26,27)/t13-/m0/s1. The Morgan fingerprint density at radius 2 is 1.81 bits per heavy atom. The normalized spacial score (nSPS) is 21.7. The molecule has 0 bridgehead atoms. The molecule has 1 fully saturated rings. The summed E-state index contributed by atoms with van der Waals surface area (Å²) in [6.45, 7) is 13.3. The van der Waals surface area contributed by atoms with E-state index in [1.54, 1.807) is 6.08 Å². The Labute approximate surface area is 166 Å². The predicted molar refractivity (Wildman–Crippen MR) is 113 cm³/mol. The van der Waals surface area contributed by atoms with E-state index >= 15 is 0 Å². The van der Waals surface area contributed by atoms with E-state index in [0.29, 0.717) is 12.0 Å². The molecule has 144 valence electrons. The Morgan fingerprint density at radius 1 is 1.22 bits per heavy atom. The van der Waals surface area contributed by atoms with Crippen molar-refractivity contribution in [2.24, 2.45) is 0 Å². The monoisotopic (exact) mass is 385 g/mol. The number of hydrogen-bond donors (Lipinski definition) is 2. The lowest BCUT2D eigenvalue weighted by Gasteiger charge is -2.50. The molecule has 0 spiro atoms. The van der Waals surface area contributed by atoms with Crippen molar-refractivity contribution < 1.29 is 9.59 Å². The van der Waals surface area contributed by atoms with Gasteiger partial charge in [-0.05, 0) is 94.1 Å². The summed E-state index contributed by atoms with van der Waals surface area (Å²) in [5, 5.41) is 5.02. The molecule has 0 saturated carbocycles. The third kappa shape index (κ3) is 3.50. The fourth-order valence-electron chi connectivity index (χ4n) is 4.51. The van der Waals surface area contributed by atoms with Crippen molar-refractivity contribution in [2.75, 3.05) is 4.90 Å². The Bertz CT molecular complexity index is 848. The molecule has 0 unspecified atom stereocenters. The van der Waals surface area contributed by atoms with Crippen molar-refractivity contribution >= 4 is 40.9 Å². The van der Waals surface area contributed by atoms with Crippen LogP contribution in [0.3, 0.4) is 0 Å². The summed E-state index contributed by atoms with van der Waals surface area (Å²) in [6, 6.07) is 4.69. The van der Waals surface area contributed by atoms with Crippen molar-refractivity contribution in [1.29, 1.82) is 0 Å². The van der Waals surface area contributed by atoms with E-state index in [1.165, 1.54) is 11.3 Å². The first-order chi connectivity index (χ1) is 12.5. The van der Waals surface area contributed by atoms with Crippen LogP contribution in [0.1, 0.15) is 63.6 Å². The molecule has 27 heavy (non-hydrogen) atoms. The summed E-state index contributed by atoms with van der Waals surface area (Å²) in [5.74, 6) is -0.526. The van der Waals surface area contributed by atoms with Crippen LogP contribution >= 0.6 is 12.2 Å². The van der Waals surface area contributed by atoms with Crippen LogP contribution in [-0.2, 0) is 9.59 Å². The third-order valence-corrected chi connectivity index (χ3v) is 5.63. The average molecular weight is 386 g/mol. The molecule has 2 aliphatic heterocycles. The molecule has 2 N–H and O–H groups in total. The number of anilines is 1. The van der Waals surface area contributed by atoms with Gasteiger partial charge in [-0.3, -0.25) is 20.2 Å². The maximum Gasteiger partial charge on any atom is 0.263 e. The lowest BCUT2D eigenvalue weighted by atomic mass is 9.78. The Hall–Kier alpha value is -2.21. The van der Waals surface area contributed by atoms with Crippen molar-refractivity contribution in [1.82, 2.24) is 10.6 Å². The minimum Gasteiger partial charge on any atom is -0.364 e. The minimum absolute atomic E-state index is 0.0488. The Morgan fingerprint density at radius 3 is 2.37 bits per heavy atom. The zero-order valence-electron chi connectivity index (χ0n) is 16.8. The molecule has 1 aromatic carbocycles. The molecule has 0 aliphatic carbocycles. The van der Waals surface area contributed by atoms with Crippen LogP contribution < -0.4 is 15.5 Å². The number of hydrogen-bond acceptors (Lipinski definition) is 4. The van der Waals surface area contributed by atoms with Crippen LogP contribution in [0.2, 0.25) is 0 Å². The highest BCUT2D eigenvalue weighted by Crippen LogP contribution is 2.45. The summed E-state index contributed by atoms with van der Waals surface area (Å²) in [5.41, 5.74) is 4.57. The first-order valence-electron chi connectivity index (χ1n) is 9.33. The smallest absolute Gasteiger partial charge is 0.263 e. The highest BCUT2D eigenvalue weighted by Gasteiger charge is 2.38. The largest absolute Gasteiger partial charge is 0.364 e. The number of carbonyl (C=O) groups excluding carboxylic acids is 2. The number of rotatable bonds is 2. The number of benzene rings is 1. The van der Waals surface area contributed by atoms with Crippen LogP contribution in [-0.4, -0.2) is 28.5 Å². The van der Waals surface area contributed by atoms with E-state index in [2.05, 4.69) is 62.3 Å². The van der Waals surface area contributed by atoms with Crippen molar-refractivity contribution in [3.8, 4) is 0 Å². The van der Waals surface area contributed by atoms with E-state index in [0.717, 1.165) is 17.5 Å². The first-order valence-corrected chi connectivity index (χ1v) is 9.74. The molecule has 2 heterocycles. The number of carbonyl (C=O) groups is 2. The van der Waals surface area contributed by atoms with Gasteiger partial charge in [0.1, 0.15) is 5.57 Å². The molecule has 2 aliphatic rings. The summed E-state index contributed by atoms with van der Waals surface area (Å²) in [7, 11) is 0. The third-order valence-electron chi connectivity index (χ3n) is 5.42. The van der Waals surface area contributed by atoms with Gasteiger partial charge >= 0.3 is 0 Å². The molecule has 6 heteroatoms. The Balaban J connectivity index is 2.11. The van der Waals surface area contributed by atoms with Gasteiger partial charge in [-0.15, -0.1) is 0 Å². The summed E-state index contributed by atoms with van der Waals surface area (Å²) in [6.07, 6.45) is 2.71. The number of amides is 2. The van der Waals surface area contributed by atoms with Gasteiger partial charge in [-0.25, -0.2) is 0 Å². The van der Waals surface area contributed by atoms with E-state index in [4.69, 9.17) is 12.2 Å². The molecular weight excluding hydrogens is 358 g/mol. The maximum absolute atomic E-state index is 12.2. The van der Waals surface area contributed by atoms with Crippen LogP contribution in [0.5, 0.6) is 0 Å². The summed E-state index contributed by atoms with van der Waals surface area (Å²) in [4.78, 5) is 26.8. The van der Waals surface area contributed by atoms with E-state index < -0.39 is 11.8 Å². The minimum atomic E-state index is -0.459. The van der Waals surface area contributed by atoms with Gasteiger partial charge < -0.3 is 4.90 Å².